The molecule has 0 spiro atoms. The molecule has 3 atom stereocenters. The van der Waals surface area contributed by atoms with Crippen LogP contribution in [-0.2, 0) is 20.9 Å². The number of benzene rings is 4. The molecule has 8 heterocycles. The average molecular weight is 1140 g/mol. The van der Waals surface area contributed by atoms with E-state index in [9.17, 15) is 24.6 Å². The summed E-state index contributed by atoms with van der Waals surface area (Å²) in [5.74, 6) is -0.539. The molecule has 3 aliphatic heterocycles. The van der Waals surface area contributed by atoms with E-state index in [-0.39, 0.29) is 60.6 Å². The Morgan fingerprint density at radius 2 is 1.73 bits per heavy atom. The summed E-state index contributed by atoms with van der Waals surface area (Å²) in [4.78, 5) is 69.6. The predicted molar refractivity (Wildman–Crippen MR) is 314 cm³/mol. The second-order valence-electron chi connectivity index (χ2n) is 22.5. The fourth-order valence-corrected chi connectivity index (χ4v) is 13.0. The number of aromatic amines is 2. The van der Waals surface area contributed by atoms with Crippen molar-refractivity contribution in [2.24, 2.45) is 10.9 Å². The van der Waals surface area contributed by atoms with Crippen molar-refractivity contribution < 1.29 is 38.4 Å². The number of halogens is 1. The molecule has 5 aromatic heterocycles. The number of hydrogen-bond acceptors (Lipinski definition) is 16. The number of aliphatic hydroxyl groups is 2. The number of carbonyl (C=O) groups excluding carboxylic acids is 2. The number of rotatable bonds is 15. The Morgan fingerprint density at radius 1 is 0.940 bits per heavy atom. The lowest BCUT2D eigenvalue weighted by Crippen LogP contribution is -2.45. The van der Waals surface area contributed by atoms with Crippen LogP contribution in [0.2, 0.25) is 0 Å². The van der Waals surface area contributed by atoms with Crippen LogP contribution < -0.4 is 25.2 Å². The number of fused-ring (bicyclic) bond motifs is 5. The van der Waals surface area contributed by atoms with Crippen LogP contribution in [0.1, 0.15) is 85.9 Å². The number of β-amino-alcohol motifs (C(OH)–C–C–N with tert-alkyl or cyclic N) is 1. The minimum absolute atomic E-state index is 0.0202. The van der Waals surface area contributed by atoms with Crippen molar-refractivity contribution in [1.82, 2.24) is 50.1 Å². The quantitative estimate of drug-likeness (QED) is 0.0614. The zero-order chi connectivity index (χ0) is 57.2. The minimum atomic E-state index is -1.11. The van der Waals surface area contributed by atoms with E-state index >= 15 is 4.39 Å². The SMILES string of the molecule is Cc1ncsc1-c1ccc(C(CO)=NC(=O)[C@@H]2C[C@@H](O)CN2C(=O)C(C(C)C)n2cc3c(n2)c(=O)[nH]c2cc(COc4c(-c5c(C)c(F)cc6[nH]ncc56)c(C5CC5)cc5c(N6CCNCC6)nc(OC6CCOCC6)nc45)ccc23)cc1. The summed E-state index contributed by atoms with van der Waals surface area (Å²) in [6, 6.07) is 14.7. The first kappa shape index (κ1) is 54.2. The average Bonchev–Trinajstić information content (AvgIpc) is 4.02. The summed E-state index contributed by atoms with van der Waals surface area (Å²) in [7, 11) is 0. The van der Waals surface area contributed by atoms with Crippen LogP contribution >= 0.6 is 11.3 Å². The summed E-state index contributed by atoms with van der Waals surface area (Å²) in [6.07, 6.45) is 5.48. The number of aryl methyl sites for hydroxylation is 1. The maximum absolute atomic E-state index is 16.2. The van der Waals surface area contributed by atoms with Gasteiger partial charge in [0.1, 0.15) is 41.9 Å². The molecule has 4 aliphatic rings. The molecule has 13 rings (SSSR count). The van der Waals surface area contributed by atoms with E-state index in [4.69, 9.17) is 29.3 Å². The number of H-pyrrole nitrogens is 2. The molecule has 22 heteroatoms. The molecule has 2 amide bonds. The van der Waals surface area contributed by atoms with Crippen LogP contribution in [0, 0.1) is 25.6 Å². The van der Waals surface area contributed by atoms with Gasteiger partial charge in [0.15, 0.2) is 11.3 Å². The fraction of sp³-hybridized carbons (Fsp3) is 0.393. The molecular weight excluding hydrogens is 1080 g/mol. The molecule has 0 bridgehead atoms. The van der Waals surface area contributed by atoms with E-state index in [1.54, 1.807) is 37.0 Å². The lowest BCUT2D eigenvalue weighted by molar-refractivity contribution is -0.141. The highest BCUT2D eigenvalue weighted by Gasteiger charge is 2.43. The van der Waals surface area contributed by atoms with E-state index in [2.05, 4.69) is 41.4 Å². The lowest BCUT2D eigenvalue weighted by atomic mass is 9.88. The zero-order valence-corrected chi connectivity index (χ0v) is 47.3. The van der Waals surface area contributed by atoms with Gasteiger partial charge >= 0.3 is 6.01 Å². The van der Waals surface area contributed by atoms with Crippen LogP contribution in [0.25, 0.3) is 65.2 Å². The third-order valence-corrected chi connectivity index (χ3v) is 17.6. The first-order chi connectivity index (χ1) is 40.3. The van der Waals surface area contributed by atoms with Crippen molar-refractivity contribution in [2.75, 3.05) is 57.4 Å². The van der Waals surface area contributed by atoms with Crippen LogP contribution in [0.5, 0.6) is 11.8 Å². The smallest absolute Gasteiger partial charge is 0.319 e. The van der Waals surface area contributed by atoms with Gasteiger partial charge in [-0.3, -0.25) is 24.2 Å². The number of hydrogen-bond donors (Lipinski definition) is 5. The molecule has 1 aliphatic carbocycles. The number of nitrogens with one attached hydrogen (secondary N) is 3. The molecule has 3 saturated heterocycles. The number of aromatic nitrogens is 8. The summed E-state index contributed by atoms with van der Waals surface area (Å²) in [5.41, 5.74) is 9.06. The largest absolute Gasteiger partial charge is 0.486 e. The van der Waals surface area contributed by atoms with Gasteiger partial charge in [0.25, 0.3) is 11.5 Å². The topological polar surface area (TPSA) is 251 Å². The van der Waals surface area contributed by atoms with Gasteiger partial charge in [-0.15, -0.1) is 11.3 Å². The van der Waals surface area contributed by atoms with E-state index in [1.807, 2.05) is 51.1 Å². The highest BCUT2D eigenvalue weighted by molar-refractivity contribution is 7.13. The Labute approximate surface area is 479 Å². The highest BCUT2D eigenvalue weighted by Crippen LogP contribution is 2.53. The Balaban J connectivity index is 0.845. The molecule has 83 heavy (non-hydrogen) atoms. The summed E-state index contributed by atoms with van der Waals surface area (Å²) in [6.45, 7) is 10.9. The fourth-order valence-electron chi connectivity index (χ4n) is 12.1. The molecule has 1 unspecified atom stereocenters. The standard InChI is InChI=1S/C61H63FN12O8S/c1-31(2)54(60(79)73-26-38(76)22-49(73)58(77)67-48(28-75)36-8-10-37(11-9-36)56-33(4)64-30-83-56)74-27-44-40-12-5-34(21-46(40)66-59(78)53(44)71-74)29-81-55-51(50-32(3)45(62)24-47-43(50)25-65-70-47)41(35-6-7-35)23-42-52(55)68-61(82-39-13-19-80-20-14-39)69-57(42)72-17-15-63-16-18-72/h5,8-12,21,23-25,27,30-31,35,38-39,49,54,63,75-76H,6-7,13-20,22,26,28-29H2,1-4H3,(H,65,70)(H,66,78)/t38-,49+,54?/m1/s1. The second kappa shape index (κ2) is 22.3. The molecule has 5 N–H and O–H groups in total. The number of amides is 2. The molecule has 4 aromatic carbocycles. The third-order valence-electron chi connectivity index (χ3n) is 16.6. The Kier molecular flexibility index (Phi) is 14.6. The van der Waals surface area contributed by atoms with E-state index < -0.39 is 42.2 Å². The summed E-state index contributed by atoms with van der Waals surface area (Å²) < 4.78 is 37.1. The van der Waals surface area contributed by atoms with Crippen molar-refractivity contribution in [3.8, 4) is 33.3 Å². The molecule has 9 aromatic rings. The number of thiazole rings is 1. The van der Waals surface area contributed by atoms with Crippen molar-refractivity contribution in [3.05, 3.63) is 117 Å². The van der Waals surface area contributed by atoms with Gasteiger partial charge in [0, 0.05) is 96.4 Å². The van der Waals surface area contributed by atoms with Crippen molar-refractivity contribution in [3.63, 3.8) is 0 Å². The number of aliphatic imine (C=N–C) groups is 1. The number of nitrogens with zero attached hydrogens (tertiary/aromatic N) is 9. The Morgan fingerprint density at radius 3 is 2.47 bits per heavy atom. The van der Waals surface area contributed by atoms with Gasteiger partial charge in [-0.2, -0.15) is 20.2 Å². The molecule has 428 valence electrons. The predicted octanol–water partition coefficient (Wildman–Crippen LogP) is 7.83. The van der Waals surface area contributed by atoms with Gasteiger partial charge < -0.3 is 44.5 Å². The van der Waals surface area contributed by atoms with E-state index in [0.29, 0.717) is 94.5 Å². The zero-order valence-electron chi connectivity index (χ0n) is 46.4. The molecule has 20 nitrogen and oxygen atoms in total. The van der Waals surface area contributed by atoms with Crippen molar-refractivity contribution in [2.45, 2.75) is 96.6 Å². The van der Waals surface area contributed by atoms with Gasteiger partial charge in [-0.1, -0.05) is 50.2 Å². The summed E-state index contributed by atoms with van der Waals surface area (Å²) in [5, 5.41) is 39.6. The Bertz CT molecular complexity index is 4080. The number of ether oxygens (including phenoxy) is 3. The van der Waals surface area contributed by atoms with Crippen LogP contribution in [0.3, 0.4) is 0 Å². The first-order valence-corrected chi connectivity index (χ1v) is 29.3. The minimum Gasteiger partial charge on any atom is -0.486 e. The monoisotopic (exact) mass is 1140 g/mol. The second-order valence-corrected chi connectivity index (χ2v) is 23.4. The number of pyridine rings is 1. The number of aliphatic hydroxyl groups excluding tert-OH is 2. The summed E-state index contributed by atoms with van der Waals surface area (Å²) >= 11 is 1.52. The van der Waals surface area contributed by atoms with Crippen LogP contribution in [-0.4, -0.2) is 143 Å². The number of likely N-dealkylation sites (tertiary alicyclic amines) is 1. The molecule has 4 fully saturated rings. The van der Waals surface area contributed by atoms with Gasteiger partial charge in [-0.05, 0) is 84.5 Å². The molecule has 1 saturated carbocycles. The van der Waals surface area contributed by atoms with Gasteiger partial charge in [-0.25, -0.2) is 14.4 Å². The third kappa shape index (κ3) is 10.3. The number of anilines is 1. The lowest BCUT2D eigenvalue weighted by Gasteiger charge is -2.31. The van der Waals surface area contributed by atoms with E-state index in [0.717, 1.165) is 69.8 Å². The van der Waals surface area contributed by atoms with Crippen LogP contribution in [0.15, 0.2) is 82.3 Å². The normalized spacial score (nSPS) is 18.6. The maximum atomic E-state index is 16.2. The number of carbonyl (C=O) groups is 2. The van der Waals surface area contributed by atoms with Gasteiger partial charge in [0.2, 0.25) is 5.91 Å². The number of piperazine rings is 1. The van der Waals surface area contributed by atoms with Crippen LogP contribution in [0.4, 0.5) is 10.2 Å². The first-order valence-electron chi connectivity index (χ1n) is 28.4. The maximum Gasteiger partial charge on any atom is 0.319 e. The Hall–Kier alpha value is -8.02. The van der Waals surface area contributed by atoms with Crippen molar-refractivity contribution in [1.29, 1.82) is 0 Å². The van der Waals surface area contributed by atoms with Crippen molar-refractivity contribution >= 4 is 78.3 Å². The highest BCUT2D eigenvalue weighted by atomic mass is 32.1. The molecule has 0 radical (unpaired) electrons. The van der Waals surface area contributed by atoms with E-state index in [1.165, 1.54) is 27.0 Å². The van der Waals surface area contributed by atoms with Gasteiger partial charge in [0.05, 0.1) is 59.4 Å². The molecular formula is C61H63FN12O8S.